The van der Waals surface area contributed by atoms with Crippen LogP contribution < -0.4 is 5.32 Å². The van der Waals surface area contributed by atoms with Crippen molar-refractivity contribution in [2.45, 2.75) is 26.9 Å². The summed E-state index contributed by atoms with van der Waals surface area (Å²) in [7, 11) is 0. The zero-order valence-corrected chi connectivity index (χ0v) is 13.5. The molecule has 20 heavy (non-hydrogen) atoms. The molecule has 1 aromatic heterocycles. The first-order valence-corrected chi connectivity index (χ1v) is 7.63. The molecule has 1 heterocycles. The van der Waals surface area contributed by atoms with Crippen molar-refractivity contribution in [2.24, 2.45) is 5.92 Å². The van der Waals surface area contributed by atoms with Crippen LogP contribution >= 0.6 is 15.9 Å². The average Bonchev–Trinajstić information content (AvgIpc) is 2.80. The van der Waals surface area contributed by atoms with Gasteiger partial charge in [0.25, 0.3) is 0 Å². The molecule has 1 N–H and O–H groups in total. The molecule has 0 fully saturated rings. The SMILES string of the molecule is CC(C)CNCc1ccn(Cc2ccc(F)cc2Br)c1. The second kappa shape index (κ2) is 7.04. The maximum Gasteiger partial charge on any atom is 0.124 e. The van der Waals surface area contributed by atoms with E-state index in [4.69, 9.17) is 0 Å². The van der Waals surface area contributed by atoms with Gasteiger partial charge in [0.15, 0.2) is 0 Å². The van der Waals surface area contributed by atoms with Crippen molar-refractivity contribution in [2.75, 3.05) is 6.54 Å². The van der Waals surface area contributed by atoms with Crippen LogP contribution in [0.15, 0.2) is 41.1 Å². The second-order valence-corrected chi connectivity index (χ2v) is 6.31. The normalized spacial score (nSPS) is 11.2. The molecule has 0 bridgehead atoms. The first-order valence-electron chi connectivity index (χ1n) is 6.84. The molecule has 0 spiro atoms. The highest BCUT2D eigenvalue weighted by molar-refractivity contribution is 9.10. The largest absolute Gasteiger partial charge is 0.350 e. The third kappa shape index (κ3) is 4.46. The van der Waals surface area contributed by atoms with E-state index in [-0.39, 0.29) is 5.82 Å². The number of nitrogens with one attached hydrogen (secondary N) is 1. The lowest BCUT2D eigenvalue weighted by atomic mass is 10.2. The molecule has 0 atom stereocenters. The van der Waals surface area contributed by atoms with Crippen molar-refractivity contribution in [1.29, 1.82) is 0 Å². The number of hydrogen-bond donors (Lipinski definition) is 1. The van der Waals surface area contributed by atoms with Gasteiger partial charge in [0, 0.05) is 30.0 Å². The van der Waals surface area contributed by atoms with E-state index in [1.54, 1.807) is 0 Å². The van der Waals surface area contributed by atoms with Crippen LogP contribution in [0.5, 0.6) is 0 Å². The van der Waals surface area contributed by atoms with Crippen molar-refractivity contribution in [3.63, 3.8) is 0 Å². The van der Waals surface area contributed by atoms with E-state index in [9.17, 15) is 4.39 Å². The van der Waals surface area contributed by atoms with Crippen LogP contribution in [-0.4, -0.2) is 11.1 Å². The van der Waals surface area contributed by atoms with Gasteiger partial charge in [-0.1, -0.05) is 35.8 Å². The van der Waals surface area contributed by atoms with Crippen molar-refractivity contribution in [3.05, 3.63) is 58.1 Å². The third-order valence-corrected chi connectivity index (χ3v) is 3.80. The quantitative estimate of drug-likeness (QED) is 0.835. The van der Waals surface area contributed by atoms with Gasteiger partial charge in [0.2, 0.25) is 0 Å². The van der Waals surface area contributed by atoms with E-state index in [0.717, 1.165) is 29.7 Å². The van der Waals surface area contributed by atoms with E-state index in [1.165, 1.54) is 17.7 Å². The van der Waals surface area contributed by atoms with Crippen molar-refractivity contribution >= 4 is 15.9 Å². The van der Waals surface area contributed by atoms with E-state index in [0.29, 0.717) is 5.92 Å². The Labute approximate surface area is 128 Å². The first-order chi connectivity index (χ1) is 9.54. The highest BCUT2D eigenvalue weighted by atomic mass is 79.9. The minimum atomic E-state index is -0.216. The molecule has 1 aromatic carbocycles. The van der Waals surface area contributed by atoms with Crippen molar-refractivity contribution in [3.8, 4) is 0 Å². The minimum Gasteiger partial charge on any atom is -0.350 e. The van der Waals surface area contributed by atoms with Crippen LogP contribution in [0.4, 0.5) is 4.39 Å². The molecule has 2 rings (SSSR count). The van der Waals surface area contributed by atoms with Gasteiger partial charge in [0.05, 0.1) is 0 Å². The fourth-order valence-electron chi connectivity index (χ4n) is 2.05. The summed E-state index contributed by atoms with van der Waals surface area (Å²) in [5.74, 6) is 0.443. The predicted molar refractivity (Wildman–Crippen MR) is 84.2 cm³/mol. The van der Waals surface area contributed by atoms with Gasteiger partial charge in [0.1, 0.15) is 5.82 Å². The molecule has 4 heteroatoms. The zero-order valence-electron chi connectivity index (χ0n) is 11.9. The van der Waals surface area contributed by atoms with Gasteiger partial charge in [-0.15, -0.1) is 0 Å². The molecule has 0 amide bonds. The molecule has 0 aliphatic heterocycles. The van der Waals surface area contributed by atoms with E-state index in [2.05, 4.69) is 58.1 Å². The lowest BCUT2D eigenvalue weighted by molar-refractivity contribution is 0.552. The van der Waals surface area contributed by atoms with Crippen molar-refractivity contribution in [1.82, 2.24) is 9.88 Å². The number of benzene rings is 1. The Morgan fingerprint density at radius 2 is 2.10 bits per heavy atom. The smallest absolute Gasteiger partial charge is 0.124 e. The van der Waals surface area contributed by atoms with Gasteiger partial charge >= 0.3 is 0 Å². The fraction of sp³-hybridized carbons (Fsp3) is 0.375. The lowest BCUT2D eigenvalue weighted by Crippen LogP contribution is -2.18. The molecular formula is C16H20BrFN2. The Kier molecular flexibility index (Phi) is 5.38. The van der Waals surface area contributed by atoms with Gasteiger partial charge in [-0.2, -0.15) is 0 Å². The van der Waals surface area contributed by atoms with Crippen LogP contribution in [0.2, 0.25) is 0 Å². The van der Waals surface area contributed by atoms with Crippen LogP contribution in [0.3, 0.4) is 0 Å². The predicted octanol–water partition coefficient (Wildman–Crippen LogP) is 4.18. The van der Waals surface area contributed by atoms with Crippen LogP contribution in [0.25, 0.3) is 0 Å². The van der Waals surface area contributed by atoms with Crippen LogP contribution in [-0.2, 0) is 13.1 Å². The van der Waals surface area contributed by atoms with Crippen LogP contribution in [0.1, 0.15) is 25.0 Å². The molecule has 2 nitrogen and oxygen atoms in total. The first kappa shape index (κ1) is 15.3. The Bertz CT molecular complexity index is 563. The van der Waals surface area contributed by atoms with Gasteiger partial charge in [-0.05, 0) is 41.8 Å². The zero-order chi connectivity index (χ0) is 14.5. The number of rotatable bonds is 6. The van der Waals surface area contributed by atoms with E-state index >= 15 is 0 Å². The van der Waals surface area contributed by atoms with Gasteiger partial charge in [-0.3, -0.25) is 0 Å². The van der Waals surface area contributed by atoms with Crippen molar-refractivity contribution < 1.29 is 4.39 Å². The summed E-state index contributed by atoms with van der Waals surface area (Å²) in [4.78, 5) is 0. The highest BCUT2D eigenvalue weighted by Gasteiger charge is 2.03. The molecule has 2 aromatic rings. The summed E-state index contributed by atoms with van der Waals surface area (Å²) in [6.45, 7) is 7.05. The second-order valence-electron chi connectivity index (χ2n) is 5.45. The number of aromatic nitrogens is 1. The Morgan fingerprint density at radius 1 is 1.30 bits per heavy atom. The standard InChI is InChI=1S/C16H20BrFN2/c1-12(2)8-19-9-13-5-6-20(10-13)11-14-3-4-15(18)7-16(14)17/h3-7,10,12,19H,8-9,11H2,1-2H3. The molecule has 0 radical (unpaired) electrons. The topological polar surface area (TPSA) is 17.0 Å². The molecule has 0 saturated heterocycles. The van der Waals surface area contributed by atoms with E-state index in [1.807, 2.05) is 6.07 Å². The number of nitrogens with zero attached hydrogens (tertiary/aromatic N) is 1. The number of hydrogen-bond acceptors (Lipinski definition) is 1. The molecule has 0 unspecified atom stereocenters. The molecule has 0 aliphatic carbocycles. The van der Waals surface area contributed by atoms with E-state index < -0.39 is 0 Å². The summed E-state index contributed by atoms with van der Waals surface area (Å²) in [5.41, 5.74) is 2.34. The molecular weight excluding hydrogens is 319 g/mol. The highest BCUT2D eigenvalue weighted by Crippen LogP contribution is 2.19. The molecule has 108 valence electrons. The van der Waals surface area contributed by atoms with Crippen LogP contribution in [0, 0.1) is 11.7 Å². The summed E-state index contributed by atoms with van der Waals surface area (Å²) in [6, 6.07) is 6.93. The summed E-state index contributed by atoms with van der Waals surface area (Å²) >= 11 is 3.40. The Morgan fingerprint density at radius 3 is 2.80 bits per heavy atom. The monoisotopic (exact) mass is 338 g/mol. The Balaban J connectivity index is 1.95. The maximum absolute atomic E-state index is 13.0. The third-order valence-electron chi connectivity index (χ3n) is 3.06. The molecule has 0 saturated carbocycles. The molecule has 0 aliphatic rings. The summed E-state index contributed by atoms with van der Waals surface area (Å²) < 4.78 is 16.0. The fourth-order valence-corrected chi connectivity index (χ4v) is 2.52. The Hall–Kier alpha value is -1.13. The van der Waals surface area contributed by atoms with Gasteiger partial charge in [-0.25, -0.2) is 4.39 Å². The number of halogens is 2. The summed E-state index contributed by atoms with van der Waals surface area (Å²) in [6.07, 6.45) is 4.19. The minimum absolute atomic E-state index is 0.216. The summed E-state index contributed by atoms with van der Waals surface area (Å²) in [5, 5.41) is 3.42. The average molecular weight is 339 g/mol. The maximum atomic E-state index is 13.0. The lowest BCUT2D eigenvalue weighted by Gasteiger charge is -2.07. The van der Waals surface area contributed by atoms with Gasteiger partial charge < -0.3 is 9.88 Å².